The van der Waals surface area contributed by atoms with Crippen molar-refractivity contribution in [3.63, 3.8) is 0 Å². The second-order valence-corrected chi connectivity index (χ2v) is 6.54. The molecule has 0 bridgehead atoms. The monoisotopic (exact) mass is 319 g/mol. The van der Waals surface area contributed by atoms with Gasteiger partial charge in [-0.2, -0.15) is 5.26 Å². The molecule has 126 valence electrons. The van der Waals surface area contributed by atoms with E-state index in [0.29, 0.717) is 13.0 Å². The fourth-order valence-corrected chi connectivity index (χ4v) is 2.92. The van der Waals surface area contributed by atoms with Crippen LogP contribution in [0.15, 0.2) is 0 Å². The van der Waals surface area contributed by atoms with Gasteiger partial charge in [0.1, 0.15) is 0 Å². The topological polar surface area (TPSA) is 99.1 Å². The zero-order chi connectivity index (χ0) is 16.7. The van der Waals surface area contributed by atoms with Crippen molar-refractivity contribution in [3.8, 4) is 6.07 Å². The highest BCUT2D eigenvalue weighted by Gasteiger charge is 2.30. The Balaban J connectivity index is 1.68. The molecule has 2 fully saturated rings. The Labute approximate surface area is 137 Å². The van der Waals surface area contributed by atoms with Crippen LogP contribution in [0.1, 0.15) is 57.8 Å². The van der Waals surface area contributed by atoms with Crippen molar-refractivity contribution in [2.24, 2.45) is 11.8 Å². The SMILES string of the molecule is N#CC(C(=O)CCCNC(=O)C1CC1)C(=O)NC1CCCCC1. The summed E-state index contributed by atoms with van der Waals surface area (Å²) in [6.45, 7) is 0.420. The Hall–Kier alpha value is -1.90. The van der Waals surface area contributed by atoms with Crippen LogP contribution < -0.4 is 10.6 Å². The highest BCUT2D eigenvalue weighted by Crippen LogP contribution is 2.28. The van der Waals surface area contributed by atoms with Crippen LogP contribution in [0.2, 0.25) is 0 Å². The number of nitriles is 1. The lowest BCUT2D eigenvalue weighted by atomic mass is 9.94. The molecule has 23 heavy (non-hydrogen) atoms. The molecule has 2 N–H and O–H groups in total. The molecule has 6 nitrogen and oxygen atoms in total. The maximum atomic E-state index is 12.1. The molecule has 1 unspecified atom stereocenters. The summed E-state index contributed by atoms with van der Waals surface area (Å²) in [6, 6.07) is 1.92. The van der Waals surface area contributed by atoms with Gasteiger partial charge in [-0.05, 0) is 32.1 Å². The van der Waals surface area contributed by atoms with E-state index in [4.69, 9.17) is 5.26 Å². The molecule has 0 saturated heterocycles. The molecule has 0 heterocycles. The predicted molar refractivity (Wildman–Crippen MR) is 84.1 cm³/mol. The number of nitrogens with zero attached hydrogens (tertiary/aromatic N) is 1. The lowest BCUT2D eigenvalue weighted by molar-refractivity contribution is -0.132. The van der Waals surface area contributed by atoms with Crippen molar-refractivity contribution < 1.29 is 14.4 Å². The summed E-state index contributed by atoms with van der Waals surface area (Å²) in [5, 5.41) is 14.7. The lowest BCUT2D eigenvalue weighted by Gasteiger charge is -2.23. The number of carbonyl (C=O) groups is 3. The minimum atomic E-state index is -1.23. The zero-order valence-corrected chi connectivity index (χ0v) is 13.5. The van der Waals surface area contributed by atoms with E-state index in [1.807, 2.05) is 6.07 Å². The largest absolute Gasteiger partial charge is 0.356 e. The Morgan fingerprint density at radius 3 is 2.39 bits per heavy atom. The minimum Gasteiger partial charge on any atom is -0.356 e. The van der Waals surface area contributed by atoms with E-state index in [-0.39, 0.29) is 30.1 Å². The van der Waals surface area contributed by atoms with Crippen LogP contribution in [0.25, 0.3) is 0 Å². The van der Waals surface area contributed by atoms with Gasteiger partial charge in [-0.25, -0.2) is 0 Å². The fraction of sp³-hybridized carbons (Fsp3) is 0.765. The van der Waals surface area contributed by atoms with Gasteiger partial charge >= 0.3 is 0 Å². The molecule has 1 atom stereocenters. The van der Waals surface area contributed by atoms with E-state index in [1.165, 1.54) is 6.42 Å². The normalized spacial score (nSPS) is 19.4. The molecule has 2 saturated carbocycles. The molecule has 0 aromatic rings. The third kappa shape index (κ3) is 5.66. The lowest BCUT2D eigenvalue weighted by Crippen LogP contribution is -2.42. The van der Waals surface area contributed by atoms with Crippen LogP contribution in [0.3, 0.4) is 0 Å². The van der Waals surface area contributed by atoms with Crippen LogP contribution in [0.4, 0.5) is 0 Å². The van der Waals surface area contributed by atoms with Crippen LogP contribution in [0.5, 0.6) is 0 Å². The van der Waals surface area contributed by atoms with Gasteiger partial charge in [0.15, 0.2) is 11.7 Å². The first-order valence-electron chi connectivity index (χ1n) is 8.62. The average molecular weight is 319 g/mol. The van der Waals surface area contributed by atoms with Crippen molar-refractivity contribution in [2.45, 2.75) is 63.8 Å². The Bertz CT molecular complexity index is 488. The Morgan fingerprint density at radius 1 is 1.09 bits per heavy atom. The van der Waals surface area contributed by atoms with Crippen LogP contribution in [-0.2, 0) is 14.4 Å². The maximum Gasteiger partial charge on any atom is 0.245 e. The highest BCUT2D eigenvalue weighted by atomic mass is 16.2. The summed E-state index contributed by atoms with van der Waals surface area (Å²) in [6.07, 6.45) is 7.68. The van der Waals surface area contributed by atoms with Crippen molar-refractivity contribution in [2.75, 3.05) is 6.54 Å². The fourth-order valence-electron chi connectivity index (χ4n) is 2.92. The Morgan fingerprint density at radius 2 is 1.78 bits per heavy atom. The first-order valence-corrected chi connectivity index (χ1v) is 8.62. The predicted octanol–water partition coefficient (Wildman–Crippen LogP) is 1.45. The standard InChI is InChI=1S/C17H25N3O3/c18-11-14(17(23)20-13-5-2-1-3-6-13)15(21)7-4-10-19-16(22)12-8-9-12/h12-14H,1-10H2,(H,19,22)(H,20,23). The summed E-state index contributed by atoms with van der Waals surface area (Å²) in [5.74, 6) is -1.85. The third-order valence-corrected chi connectivity index (χ3v) is 4.51. The number of ketones is 1. The van der Waals surface area contributed by atoms with E-state index in [9.17, 15) is 14.4 Å². The number of Topliss-reactive ketones (excluding diaryl/α,β-unsaturated/α-hetero) is 1. The number of hydrogen-bond donors (Lipinski definition) is 2. The number of nitrogens with one attached hydrogen (secondary N) is 2. The summed E-state index contributed by atoms with van der Waals surface area (Å²) in [5.41, 5.74) is 0. The molecule has 2 amide bonds. The Kier molecular flexibility index (Phi) is 6.57. The molecule has 0 spiro atoms. The van der Waals surface area contributed by atoms with E-state index in [1.54, 1.807) is 0 Å². The number of hydrogen-bond acceptors (Lipinski definition) is 4. The second kappa shape index (κ2) is 8.66. The first-order chi connectivity index (χ1) is 11.1. The van der Waals surface area contributed by atoms with Gasteiger partial charge < -0.3 is 10.6 Å². The van der Waals surface area contributed by atoms with Gasteiger partial charge in [0.25, 0.3) is 0 Å². The molecule has 2 rings (SSSR count). The van der Waals surface area contributed by atoms with Crippen molar-refractivity contribution in [1.29, 1.82) is 5.26 Å². The van der Waals surface area contributed by atoms with Gasteiger partial charge in [0.05, 0.1) is 6.07 Å². The van der Waals surface area contributed by atoms with E-state index >= 15 is 0 Å². The number of rotatable bonds is 8. The number of carbonyl (C=O) groups excluding carboxylic acids is 3. The molecular weight excluding hydrogens is 294 g/mol. The van der Waals surface area contributed by atoms with Gasteiger partial charge in [-0.1, -0.05) is 19.3 Å². The first kappa shape index (κ1) is 17.5. The van der Waals surface area contributed by atoms with Gasteiger partial charge in [-0.15, -0.1) is 0 Å². The third-order valence-electron chi connectivity index (χ3n) is 4.51. The van der Waals surface area contributed by atoms with Gasteiger partial charge in [0.2, 0.25) is 11.8 Å². The molecular formula is C17H25N3O3. The van der Waals surface area contributed by atoms with Crippen LogP contribution in [0, 0.1) is 23.2 Å². The summed E-state index contributed by atoms with van der Waals surface area (Å²) in [7, 11) is 0. The van der Waals surface area contributed by atoms with E-state index in [0.717, 1.165) is 38.5 Å². The zero-order valence-electron chi connectivity index (χ0n) is 13.5. The summed E-state index contributed by atoms with van der Waals surface area (Å²) >= 11 is 0. The van der Waals surface area contributed by atoms with Crippen LogP contribution in [-0.4, -0.2) is 30.2 Å². The highest BCUT2D eigenvalue weighted by molar-refractivity contribution is 6.04. The second-order valence-electron chi connectivity index (χ2n) is 6.54. The van der Waals surface area contributed by atoms with E-state index in [2.05, 4.69) is 10.6 Å². The van der Waals surface area contributed by atoms with E-state index < -0.39 is 11.8 Å². The summed E-state index contributed by atoms with van der Waals surface area (Å²) in [4.78, 5) is 35.6. The van der Waals surface area contributed by atoms with Crippen molar-refractivity contribution in [1.82, 2.24) is 10.6 Å². The molecule has 0 radical (unpaired) electrons. The van der Waals surface area contributed by atoms with Crippen molar-refractivity contribution >= 4 is 17.6 Å². The molecule has 0 aromatic carbocycles. The van der Waals surface area contributed by atoms with Gasteiger partial charge in [-0.3, -0.25) is 14.4 Å². The molecule has 6 heteroatoms. The minimum absolute atomic E-state index is 0.0457. The number of amides is 2. The summed E-state index contributed by atoms with van der Waals surface area (Å²) < 4.78 is 0. The average Bonchev–Trinajstić information content (AvgIpc) is 3.38. The smallest absolute Gasteiger partial charge is 0.245 e. The molecule has 2 aliphatic carbocycles. The molecule has 2 aliphatic rings. The van der Waals surface area contributed by atoms with Crippen molar-refractivity contribution in [3.05, 3.63) is 0 Å². The molecule has 0 aromatic heterocycles. The maximum absolute atomic E-state index is 12.1. The van der Waals surface area contributed by atoms with Gasteiger partial charge in [0, 0.05) is 24.9 Å². The van der Waals surface area contributed by atoms with Crippen LogP contribution >= 0.6 is 0 Å². The quantitative estimate of drug-likeness (QED) is 0.522. The molecule has 0 aliphatic heterocycles.